The molecule has 1 aliphatic carbocycles. The van der Waals surface area contributed by atoms with Gasteiger partial charge in [0.2, 0.25) is 0 Å². The molecule has 1 aliphatic heterocycles. The van der Waals surface area contributed by atoms with E-state index in [1.54, 1.807) is 0 Å². The van der Waals surface area contributed by atoms with E-state index in [1.807, 2.05) is 0 Å². The Morgan fingerprint density at radius 2 is 1.85 bits per heavy atom. The van der Waals surface area contributed by atoms with Gasteiger partial charge in [0.15, 0.2) is 0 Å². The van der Waals surface area contributed by atoms with Crippen molar-refractivity contribution in [3.63, 3.8) is 0 Å². The number of aliphatic hydroxyl groups is 1. The topological polar surface area (TPSA) is 35.5 Å². The number of hydrogen-bond donors (Lipinski definition) is 2. The SMILES string of the molecule is CNC1CCC(C(C)C)CC1CN1CCC(CO)CC1. The van der Waals surface area contributed by atoms with Crippen molar-refractivity contribution in [3.8, 4) is 0 Å². The Morgan fingerprint density at radius 3 is 2.40 bits per heavy atom. The molecular weight excluding hydrogens is 248 g/mol. The van der Waals surface area contributed by atoms with Crippen LogP contribution in [0.3, 0.4) is 0 Å². The summed E-state index contributed by atoms with van der Waals surface area (Å²) in [7, 11) is 2.13. The third-order valence-corrected chi connectivity index (χ3v) is 5.79. The highest BCUT2D eigenvalue weighted by Crippen LogP contribution is 2.34. The second-order valence-corrected chi connectivity index (χ2v) is 7.40. The smallest absolute Gasteiger partial charge is 0.0460 e. The van der Waals surface area contributed by atoms with E-state index in [9.17, 15) is 5.11 Å². The lowest BCUT2D eigenvalue weighted by Crippen LogP contribution is -2.47. The van der Waals surface area contributed by atoms with Crippen LogP contribution in [0.1, 0.15) is 46.0 Å². The molecule has 0 amide bonds. The molecule has 0 aromatic rings. The minimum absolute atomic E-state index is 0.381. The van der Waals surface area contributed by atoms with Gasteiger partial charge in [-0.1, -0.05) is 13.8 Å². The summed E-state index contributed by atoms with van der Waals surface area (Å²) in [5.41, 5.74) is 0. The van der Waals surface area contributed by atoms with Crippen molar-refractivity contribution in [2.75, 3.05) is 33.3 Å². The van der Waals surface area contributed by atoms with Crippen LogP contribution in [0.15, 0.2) is 0 Å². The number of aliphatic hydroxyl groups excluding tert-OH is 1. The number of nitrogens with one attached hydrogen (secondary N) is 1. The van der Waals surface area contributed by atoms with Gasteiger partial charge in [0.25, 0.3) is 0 Å². The van der Waals surface area contributed by atoms with Crippen LogP contribution in [0.25, 0.3) is 0 Å². The fourth-order valence-electron chi connectivity index (χ4n) is 4.17. The summed E-state index contributed by atoms with van der Waals surface area (Å²) in [5.74, 6) is 3.11. The van der Waals surface area contributed by atoms with E-state index in [0.717, 1.165) is 17.8 Å². The molecule has 3 unspecified atom stereocenters. The highest BCUT2D eigenvalue weighted by molar-refractivity contribution is 4.87. The first-order chi connectivity index (χ1) is 9.63. The van der Waals surface area contributed by atoms with Crippen LogP contribution in [0.4, 0.5) is 0 Å². The number of piperidine rings is 1. The van der Waals surface area contributed by atoms with Gasteiger partial charge in [0.1, 0.15) is 0 Å². The van der Waals surface area contributed by atoms with Gasteiger partial charge < -0.3 is 15.3 Å². The second kappa shape index (κ2) is 7.77. The molecule has 3 heteroatoms. The van der Waals surface area contributed by atoms with Gasteiger partial charge in [-0.15, -0.1) is 0 Å². The van der Waals surface area contributed by atoms with Crippen LogP contribution < -0.4 is 5.32 Å². The standard InChI is InChI=1S/C17H34N2O/c1-13(2)15-4-5-17(18-3)16(10-15)11-19-8-6-14(12-20)7-9-19/h13-18,20H,4-12H2,1-3H3. The van der Waals surface area contributed by atoms with Gasteiger partial charge in [-0.25, -0.2) is 0 Å². The average Bonchev–Trinajstić information content (AvgIpc) is 2.48. The van der Waals surface area contributed by atoms with Crippen LogP contribution in [-0.2, 0) is 0 Å². The molecule has 20 heavy (non-hydrogen) atoms. The predicted molar refractivity (Wildman–Crippen MR) is 84.8 cm³/mol. The van der Waals surface area contributed by atoms with E-state index >= 15 is 0 Å². The van der Waals surface area contributed by atoms with Crippen molar-refractivity contribution in [3.05, 3.63) is 0 Å². The Morgan fingerprint density at radius 1 is 1.15 bits per heavy atom. The lowest BCUT2D eigenvalue weighted by atomic mass is 9.73. The zero-order chi connectivity index (χ0) is 14.5. The Labute approximate surface area is 125 Å². The molecule has 0 aromatic carbocycles. The number of likely N-dealkylation sites (tertiary alicyclic amines) is 1. The maximum absolute atomic E-state index is 9.25. The summed E-state index contributed by atoms with van der Waals surface area (Å²) < 4.78 is 0. The Bertz CT molecular complexity index is 274. The fraction of sp³-hybridized carbons (Fsp3) is 1.00. The average molecular weight is 282 g/mol. The summed E-state index contributed by atoms with van der Waals surface area (Å²) in [6.45, 7) is 8.77. The van der Waals surface area contributed by atoms with E-state index in [1.165, 1.54) is 51.7 Å². The van der Waals surface area contributed by atoms with Gasteiger partial charge in [0.05, 0.1) is 0 Å². The third-order valence-electron chi connectivity index (χ3n) is 5.79. The molecule has 2 fully saturated rings. The van der Waals surface area contributed by atoms with Crippen LogP contribution in [-0.4, -0.2) is 49.3 Å². The minimum Gasteiger partial charge on any atom is -0.396 e. The quantitative estimate of drug-likeness (QED) is 0.812. The molecule has 2 N–H and O–H groups in total. The van der Waals surface area contributed by atoms with Crippen LogP contribution in [0.5, 0.6) is 0 Å². The van der Waals surface area contributed by atoms with Crippen LogP contribution in [0, 0.1) is 23.7 Å². The first-order valence-electron chi connectivity index (χ1n) is 8.64. The van der Waals surface area contributed by atoms with E-state index in [0.29, 0.717) is 18.6 Å². The number of hydrogen-bond acceptors (Lipinski definition) is 3. The van der Waals surface area contributed by atoms with E-state index in [4.69, 9.17) is 0 Å². The van der Waals surface area contributed by atoms with Crippen molar-refractivity contribution >= 4 is 0 Å². The third kappa shape index (κ3) is 4.19. The van der Waals surface area contributed by atoms with E-state index in [2.05, 4.69) is 31.1 Å². The second-order valence-electron chi connectivity index (χ2n) is 7.40. The van der Waals surface area contributed by atoms with Gasteiger partial charge in [-0.05, 0) is 75.9 Å². The van der Waals surface area contributed by atoms with Crippen molar-refractivity contribution in [2.45, 2.75) is 52.0 Å². The molecule has 3 nitrogen and oxygen atoms in total. The first-order valence-corrected chi connectivity index (χ1v) is 8.64. The summed E-state index contributed by atoms with van der Waals surface area (Å²) >= 11 is 0. The summed E-state index contributed by atoms with van der Waals surface area (Å²) in [6, 6.07) is 0.709. The fourth-order valence-corrected chi connectivity index (χ4v) is 4.17. The monoisotopic (exact) mass is 282 g/mol. The predicted octanol–water partition coefficient (Wildman–Crippen LogP) is 2.35. The minimum atomic E-state index is 0.381. The lowest BCUT2D eigenvalue weighted by molar-refractivity contribution is 0.0867. The zero-order valence-corrected chi connectivity index (χ0v) is 13.6. The largest absolute Gasteiger partial charge is 0.396 e. The molecule has 0 spiro atoms. The Hall–Kier alpha value is -0.120. The molecular formula is C17H34N2O. The van der Waals surface area contributed by atoms with Gasteiger partial charge in [0, 0.05) is 19.2 Å². The molecule has 3 atom stereocenters. The molecule has 0 bridgehead atoms. The highest BCUT2D eigenvalue weighted by atomic mass is 16.3. The Kier molecular flexibility index (Phi) is 6.31. The zero-order valence-electron chi connectivity index (χ0n) is 13.6. The van der Waals surface area contributed by atoms with E-state index in [-0.39, 0.29) is 0 Å². The number of nitrogens with zero attached hydrogens (tertiary/aromatic N) is 1. The van der Waals surface area contributed by atoms with Gasteiger partial charge >= 0.3 is 0 Å². The van der Waals surface area contributed by atoms with Crippen molar-refractivity contribution < 1.29 is 5.11 Å². The highest BCUT2D eigenvalue weighted by Gasteiger charge is 2.32. The van der Waals surface area contributed by atoms with Crippen LogP contribution >= 0.6 is 0 Å². The molecule has 1 heterocycles. The van der Waals surface area contributed by atoms with Crippen molar-refractivity contribution in [1.29, 1.82) is 0 Å². The summed E-state index contributed by atoms with van der Waals surface area (Å²) in [5, 5.41) is 12.8. The maximum atomic E-state index is 9.25. The molecule has 118 valence electrons. The first kappa shape index (κ1) is 16.3. The summed E-state index contributed by atoms with van der Waals surface area (Å²) in [6.07, 6.45) is 6.49. The van der Waals surface area contributed by atoms with Crippen LogP contribution in [0.2, 0.25) is 0 Å². The Balaban J connectivity index is 1.85. The van der Waals surface area contributed by atoms with Crippen molar-refractivity contribution in [1.82, 2.24) is 10.2 Å². The summed E-state index contributed by atoms with van der Waals surface area (Å²) in [4.78, 5) is 2.64. The normalized spacial score (nSPS) is 33.8. The maximum Gasteiger partial charge on any atom is 0.0460 e. The lowest BCUT2D eigenvalue weighted by Gasteiger charge is -2.41. The molecule has 1 saturated heterocycles. The number of rotatable bonds is 5. The van der Waals surface area contributed by atoms with Crippen molar-refractivity contribution in [2.24, 2.45) is 23.7 Å². The van der Waals surface area contributed by atoms with E-state index < -0.39 is 0 Å². The molecule has 1 saturated carbocycles. The van der Waals surface area contributed by atoms with Gasteiger partial charge in [-0.2, -0.15) is 0 Å². The molecule has 0 radical (unpaired) electrons. The van der Waals surface area contributed by atoms with Gasteiger partial charge in [-0.3, -0.25) is 0 Å². The molecule has 0 aromatic heterocycles. The molecule has 2 rings (SSSR count). The molecule has 2 aliphatic rings.